The Hall–Kier alpha value is -1.44. The highest BCUT2D eigenvalue weighted by atomic mass is 32.2. The molecule has 2 N–H and O–H groups in total. The molecule has 0 saturated heterocycles. The molecule has 0 saturated carbocycles. The second kappa shape index (κ2) is 8.76. The number of unbranched alkanes of at least 4 members (excludes halogenated alkanes) is 1. The Kier molecular flexibility index (Phi) is 7.35. The van der Waals surface area contributed by atoms with Gasteiger partial charge in [0.1, 0.15) is 0 Å². The van der Waals surface area contributed by atoms with E-state index in [0.717, 1.165) is 12.8 Å². The lowest BCUT2D eigenvalue weighted by molar-refractivity contribution is 0.0696. The minimum absolute atomic E-state index is 0.0746. The first-order valence-electron chi connectivity index (χ1n) is 6.82. The normalized spacial score (nSPS) is 11.5. The van der Waals surface area contributed by atoms with Crippen molar-refractivity contribution in [3.63, 3.8) is 0 Å². The SMILES string of the molecule is CCCCOCCNS(=O)(=O)Cc1cccc(C(=O)O)c1. The number of aromatic carboxylic acids is 1. The maximum absolute atomic E-state index is 11.9. The maximum Gasteiger partial charge on any atom is 0.335 e. The second-order valence-electron chi connectivity index (χ2n) is 4.62. The smallest absolute Gasteiger partial charge is 0.335 e. The van der Waals surface area contributed by atoms with Gasteiger partial charge in [-0.3, -0.25) is 0 Å². The topological polar surface area (TPSA) is 92.7 Å². The average Bonchev–Trinajstić information content (AvgIpc) is 2.42. The van der Waals surface area contributed by atoms with Crippen molar-refractivity contribution in [1.29, 1.82) is 0 Å². The quantitative estimate of drug-likeness (QED) is 0.640. The number of carboxylic acid groups (broad SMARTS) is 1. The van der Waals surface area contributed by atoms with Crippen LogP contribution in [0, 0.1) is 0 Å². The Morgan fingerprint density at radius 2 is 2.10 bits per heavy atom. The lowest BCUT2D eigenvalue weighted by Crippen LogP contribution is -2.28. The summed E-state index contributed by atoms with van der Waals surface area (Å²) in [6.45, 7) is 3.22. The van der Waals surface area contributed by atoms with E-state index in [0.29, 0.717) is 18.8 Å². The molecule has 1 aromatic carbocycles. The van der Waals surface area contributed by atoms with Crippen LogP contribution in [0.15, 0.2) is 24.3 Å². The van der Waals surface area contributed by atoms with Crippen molar-refractivity contribution >= 4 is 16.0 Å². The molecule has 0 heterocycles. The summed E-state index contributed by atoms with van der Waals surface area (Å²) in [7, 11) is -3.49. The number of ether oxygens (including phenoxy) is 1. The van der Waals surface area contributed by atoms with Crippen LogP contribution < -0.4 is 4.72 Å². The zero-order valence-corrected chi connectivity index (χ0v) is 12.9. The Morgan fingerprint density at radius 3 is 2.76 bits per heavy atom. The number of hydrogen-bond donors (Lipinski definition) is 2. The molecule has 0 radical (unpaired) electrons. The summed E-state index contributed by atoms with van der Waals surface area (Å²) in [6.07, 6.45) is 1.99. The van der Waals surface area contributed by atoms with Crippen molar-refractivity contribution in [3.05, 3.63) is 35.4 Å². The maximum atomic E-state index is 11.9. The molecular weight excluding hydrogens is 294 g/mol. The predicted molar refractivity (Wildman–Crippen MR) is 79.8 cm³/mol. The van der Waals surface area contributed by atoms with Gasteiger partial charge >= 0.3 is 5.97 Å². The molecule has 0 fully saturated rings. The molecule has 0 aliphatic rings. The van der Waals surface area contributed by atoms with Gasteiger partial charge in [0.15, 0.2) is 0 Å². The molecule has 0 atom stereocenters. The molecule has 0 aliphatic carbocycles. The van der Waals surface area contributed by atoms with Crippen molar-refractivity contribution in [3.8, 4) is 0 Å². The fourth-order valence-corrected chi connectivity index (χ4v) is 2.80. The zero-order valence-electron chi connectivity index (χ0n) is 12.0. The molecule has 118 valence electrons. The number of rotatable bonds is 10. The van der Waals surface area contributed by atoms with Crippen LogP contribution in [-0.4, -0.2) is 39.3 Å². The van der Waals surface area contributed by atoms with Crippen LogP contribution >= 0.6 is 0 Å². The molecule has 0 bridgehead atoms. The highest BCUT2D eigenvalue weighted by molar-refractivity contribution is 7.88. The van der Waals surface area contributed by atoms with Crippen LogP contribution in [0.3, 0.4) is 0 Å². The van der Waals surface area contributed by atoms with Crippen LogP contribution in [-0.2, 0) is 20.5 Å². The first-order valence-corrected chi connectivity index (χ1v) is 8.47. The molecule has 0 aliphatic heterocycles. The van der Waals surface area contributed by atoms with Gasteiger partial charge < -0.3 is 9.84 Å². The molecular formula is C14H21NO5S. The standard InChI is InChI=1S/C14H21NO5S/c1-2-3-8-20-9-7-15-21(18,19)11-12-5-4-6-13(10-12)14(16)17/h4-6,10,15H,2-3,7-9,11H2,1H3,(H,16,17). The summed E-state index contributed by atoms with van der Waals surface area (Å²) in [6, 6.07) is 5.90. The van der Waals surface area contributed by atoms with E-state index in [2.05, 4.69) is 11.6 Å². The van der Waals surface area contributed by atoms with Gasteiger partial charge in [0, 0.05) is 13.2 Å². The Morgan fingerprint density at radius 1 is 1.33 bits per heavy atom. The fraction of sp³-hybridized carbons (Fsp3) is 0.500. The van der Waals surface area contributed by atoms with Gasteiger partial charge in [-0.2, -0.15) is 0 Å². The number of nitrogens with one attached hydrogen (secondary N) is 1. The monoisotopic (exact) mass is 315 g/mol. The van der Waals surface area contributed by atoms with Crippen molar-refractivity contribution < 1.29 is 23.1 Å². The highest BCUT2D eigenvalue weighted by Gasteiger charge is 2.12. The third kappa shape index (κ3) is 7.22. The molecule has 6 nitrogen and oxygen atoms in total. The Labute approximate surface area is 125 Å². The average molecular weight is 315 g/mol. The molecule has 21 heavy (non-hydrogen) atoms. The van der Waals surface area contributed by atoms with Gasteiger partial charge in [-0.05, 0) is 24.1 Å². The Balaban J connectivity index is 2.45. The van der Waals surface area contributed by atoms with Gasteiger partial charge in [-0.1, -0.05) is 25.5 Å². The van der Waals surface area contributed by atoms with E-state index in [1.165, 1.54) is 18.2 Å². The number of hydrogen-bond acceptors (Lipinski definition) is 4. The summed E-state index contributed by atoms with van der Waals surface area (Å²) >= 11 is 0. The number of carboxylic acids is 1. The molecule has 0 spiro atoms. The molecule has 1 aromatic rings. The molecule has 0 amide bonds. The molecule has 1 rings (SSSR count). The minimum Gasteiger partial charge on any atom is -0.478 e. The van der Waals surface area contributed by atoms with Gasteiger partial charge in [-0.25, -0.2) is 17.9 Å². The first-order chi connectivity index (χ1) is 9.94. The van der Waals surface area contributed by atoms with Gasteiger partial charge in [-0.15, -0.1) is 0 Å². The number of benzene rings is 1. The van der Waals surface area contributed by atoms with E-state index in [9.17, 15) is 13.2 Å². The third-order valence-electron chi connectivity index (χ3n) is 2.74. The highest BCUT2D eigenvalue weighted by Crippen LogP contribution is 2.08. The van der Waals surface area contributed by atoms with E-state index in [4.69, 9.17) is 9.84 Å². The molecule has 0 unspecified atom stereocenters. The lowest BCUT2D eigenvalue weighted by Gasteiger charge is -2.08. The summed E-state index contributed by atoms with van der Waals surface area (Å²) in [5.74, 6) is -1.32. The lowest BCUT2D eigenvalue weighted by atomic mass is 10.1. The minimum atomic E-state index is -3.49. The van der Waals surface area contributed by atoms with Crippen LogP contribution in [0.4, 0.5) is 0 Å². The van der Waals surface area contributed by atoms with E-state index in [-0.39, 0.29) is 17.9 Å². The van der Waals surface area contributed by atoms with Gasteiger partial charge in [0.2, 0.25) is 10.0 Å². The van der Waals surface area contributed by atoms with Crippen molar-refractivity contribution in [2.45, 2.75) is 25.5 Å². The molecule has 7 heteroatoms. The van der Waals surface area contributed by atoms with Crippen molar-refractivity contribution in [2.24, 2.45) is 0 Å². The van der Waals surface area contributed by atoms with Crippen LogP contribution in [0.25, 0.3) is 0 Å². The summed E-state index contributed by atoms with van der Waals surface area (Å²) in [5.41, 5.74) is 0.514. The predicted octanol–water partition coefficient (Wildman–Crippen LogP) is 1.62. The van der Waals surface area contributed by atoms with E-state index in [1.54, 1.807) is 6.07 Å². The zero-order chi connectivity index (χ0) is 15.7. The van der Waals surface area contributed by atoms with E-state index in [1.807, 2.05) is 0 Å². The largest absolute Gasteiger partial charge is 0.478 e. The van der Waals surface area contributed by atoms with Gasteiger partial charge in [0.25, 0.3) is 0 Å². The fourth-order valence-electron chi connectivity index (χ4n) is 1.68. The van der Waals surface area contributed by atoms with Crippen molar-refractivity contribution in [1.82, 2.24) is 4.72 Å². The summed E-state index contributed by atoms with van der Waals surface area (Å²) in [4.78, 5) is 10.8. The Bertz CT molecular complexity index is 556. The summed E-state index contributed by atoms with van der Waals surface area (Å²) in [5, 5.41) is 8.87. The summed E-state index contributed by atoms with van der Waals surface area (Å²) < 4.78 is 31.4. The number of carbonyl (C=O) groups is 1. The van der Waals surface area contributed by atoms with Crippen molar-refractivity contribution in [2.75, 3.05) is 19.8 Å². The van der Waals surface area contributed by atoms with Crippen LogP contribution in [0.2, 0.25) is 0 Å². The number of sulfonamides is 1. The van der Waals surface area contributed by atoms with Crippen LogP contribution in [0.5, 0.6) is 0 Å². The first kappa shape index (κ1) is 17.6. The van der Waals surface area contributed by atoms with Gasteiger partial charge in [0.05, 0.1) is 17.9 Å². The van der Waals surface area contributed by atoms with E-state index < -0.39 is 16.0 Å². The molecule has 0 aromatic heterocycles. The third-order valence-corrected chi connectivity index (χ3v) is 4.10. The second-order valence-corrected chi connectivity index (χ2v) is 6.43. The van der Waals surface area contributed by atoms with E-state index >= 15 is 0 Å². The van der Waals surface area contributed by atoms with Crippen LogP contribution in [0.1, 0.15) is 35.7 Å².